The summed E-state index contributed by atoms with van der Waals surface area (Å²) in [4.78, 5) is 26.9. The van der Waals surface area contributed by atoms with Gasteiger partial charge in [-0.25, -0.2) is 4.79 Å². The van der Waals surface area contributed by atoms with Crippen LogP contribution in [0.2, 0.25) is 0 Å². The first-order chi connectivity index (χ1) is 15.6. The molecule has 32 heavy (non-hydrogen) atoms. The van der Waals surface area contributed by atoms with Crippen LogP contribution in [-0.4, -0.2) is 25.1 Å². The van der Waals surface area contributed by atoms with E-state index in [1.807, 2.05) is 42.5 Å². The van der Waals surface area contributed by atoms with Crippen LogP contribution in [0.4, 0.5) is 0 Å². The zero-order chi connectivity index (χ0) is 21.8. The topological polar surface area (TPSA) is 87.7 Å². The molecule has 9 heteroatoms. The van der Waals surface area contributed by atoms with Crippen molar-refractivity contribution in [2.24, 2.45) is 7.05 Å². The first-order valence-electron chi connectivity index (χ1n) is 9.95. The van der Waals surface area contributed by atoms with E-state index in [-0.39, 0.29) is 12.2 Å². The highest BCUT2D eigenvalue weighted by atomic mass is 32.1. The summed E-state index contributed by atoms with van der Waals surface area (Å²) in [7, 11) is 1.64. The van der Waals surface area contributed by atoms with Crippen molar-refractivity contribution in [3.05, 3.63) is 81.2 Å². The van der Waals surface area contributed by atoms with Crippen LogP contribution >= 0.6 is 11.3 Å². The monoisotopic (exact) mass is 444 g/mol. The Morgan fingerprint density at radius 3 is 2.88 bits per heavy atom. The Morgan fingerprint density at radius 2 is 1.97 bits per heavy atom. The number of aromatic nitrogens is 4. The maximum atomic E-state index is 12.8. The molecule has 3 aromatic heterocycles. The van der Waals surface area contributed by atoms with E-state index < -0.39 is 5.97 Å². The molecule has 0 N–H and O–H groups in total. The van der Waals surface area contributed by atoms with Crippen LogP contribution in [0.3, 0.4) is 0 Å². The molecule has 0 fully saturated rings. The molecule has 0 amide bonds. The predicted octanol–water partition coefficient (Wildman–Crippen LogP) is 3.56. The Bertz CT molecular complexity index is 1600. The molecule has 0 unspecified atom stereocenters. The fraction of sp³-hybridized carbons (Fsp3) is 0.130. The van der Waals surface area contributed by atoms with Crippen molar-refractivity contribution in [2.45, 2.75) is 13.2 Å². The van der Waals surface area contributed by atoms with Crippen LogP contribution in [0, 0.1) is 0 Å². The van der Waals surface area contributed by atoms with Crippen LogP contribution in [0.5, 0.6) is 5.75 Å². The van der Waals surface area contributed by atoms with Crippen LogP contribution in [-0.2, 0) is 25.0 Å². The number of thiophene rings is 1. The zero-order valence-corrected chi connectivity index (χ0v) is 17.8. The summed E-state index contributed by atoms with van der Waals surface area (Å²) < 4.78 is 14.5. The quantitative estimate of drug-likeness (QED) is 0.396. The number of aryl methyl sites for hydroxylation is 1. The summed E-state index contributed by atoms with van der Waals surface area (Å²) in [5.74, 6) is 1.21. The lowest BCUT2D eigenvalue weighted by Gasteiger charge is -2.16. The standard InChI is InChI=1S/C23H16N4O4S/c1-26-21(28)14-6-2-4-8-16(14)27-19(24-25-23(26)27)12-31-22(29)18-10-13-11-30-17-9-5-3-7-15(17)20(13)32-18/h2-10H,11-12H2,1H3. The molecular formula is C23H16N4O4S. The molecule has 8 nitrogen and oxygen atoms in total. The highest BCUT2D eigenvalue weighted by Gasteiger charge is 2.23. The molecule has 0 spiro atoms. The van der Waals surface area contributed by atoms with Gasteiger partial charge < -0.3 is 9.47 Å². The van der Waals surface area contributed by atoms with E-state index in [4.69, 9.17) is 9.47 Å². The van der Waals surface area contributed by atoms with Crippen molar-refractivity contribution in [2.75, 3.05) is 0 Å². The van der Waals surface area contributed by atoms with Crippen molar-refractivity contribution in [3.63, 3.8) is 0 Å². The highest BCUT2D eigenvalue weighted by molar-refractivity contribution is 7.17. The molecule has 6 rings (SSSR count). The van der Waals surface area contributed by atoms with Crippen molar-refractivity contribution in [1.82, 2.24) is 19.2 Å². The Morgan fingerprint density at radius 1 is 1.16 bits per heavy atom. The van der Waals surface area contributed by atoms with Gasteiger partial charge in [0.25, 0.3) is 5.56 Å². The van der Waals surface area contributed by atoms with Gasteiger partial charge in [-0.2, -0.15) is 0 Å². The van der Waals surface area contributed by atoms with Gasteiger partial charge in [0, 0.05) is 23.1 Å². The van der Waals surface area contributed by atoms with Crippen molar-refractivity contribution in [3.8, 4) is 16.2 Å². The number of carbonyl (C=O) groups excluding carboxylic acids is 1. The first kappa shape index (κ1) is 18.8. The number of esters is 1. The maximum Gasteiger partial charge on any atom is 0.348 e. The van der Waals surface area contributed by atoms with E-state index in [0.717, 1.165) is 21.8 Å². The summed E-state index contributed by atoms with van der Waals surface area (Å²) >= 11 is 1.39. The molecule has 0 bridgehead atoms. The normalized spacial score (nSPS) is 12.4. The molecular weight excluding hydrogens is 428 g/mol. The van der Waals surface area contributed by atoms with Gasteiger partial charge in [-0.05, 0) is 30.3 Å². The third-order valence-corrected chi connectivity index (χ3v) is 6.74. The van der Waals surface area contributed by atoms with Gasteiger partial charge in [-0.3, -0.25) is 13.8 Å². The lowest BCUT2D eigenvalue weighted by Crippen LogP contribution is -2.20. The molecule has 5 aromatic rings. The third-order valence-electron chi connectivity index (χ3n) is 5.55. The van der Waals surface area contributed by atoms with E-state index in [9.17, 15) is 9.59 Å². The summed E-state index contributed by atoms with van der Waals surface area (Å²) in [6, 6.07) is 16.8. The number of ether oxygens (including phenoxy) is 2. The Hall–Kier alpha value is -3.98. The Kier molecular flexibility index (Phi) is 4.12. The van der Waals surface area contributed by atoms with Gasteiger partial charge >= 0.3 is 5.97 Å². The SMILES string of the molecule is Cn1c(=O)c2ccccc2n2c(COC(=O)c3cc4c(s3)-c3ccccc3OC4)nnc12. The van der Waals surface area contributed by atoms with Gasteiger partial charge in [0.1, 0.15) is 17.2 Å². The summed E-state index contributed by atoms with van der Waals surface area (Å²) in [6.45, 7) is 0.350. The number of hydrogen-bond donors (Lipinski definition) is 0. The molecule has 0 radical (unpaired) electrons. The molecule has 158 valence electrons. The van der Waals surface area contributed by atoms with Crippen molar-refractivity contribution >= 4 is 34.0 Å². The summed E-state index contributed by atoms with van der Waals surface area (Å²) in [5, 5.41) is 8.84. The van der Waals surface area contributed by atoms with E-state index in [1.165, 1.54) is 15.9 Å². The smallest absolute Gasteiger partial charge is 0.348 e. The van der Waals surface area contributed by atoms with Crippen LogP contribution in [0.25, 0.3) is 27.1 Å². The minimum Gasteiger partial charge on any atom is -0.488 e. The zero-order valence-electron chi connectivity index (χ0n) is 16.9. The molecule has 4 heterocycles. The second-order valence-electron chi connectivity index (χ2n) is 7.46. The second-order valence-corrected chi connectivity index (χ2v) is 8.51. The molecule has 2 aromatic carbocycles. The fourth-order valence-electron chi connectivity index (χ4n) is 3.99. The van der Waals surface area contributed by atoms with Crippen LogP contribution in [0.1, 0.15) is 21.1 Å². The van der Waals surface area contributed by atoms with E-state index in [0.29, 0.717) is 34.0 Å². The maximum absolute atomic E-state index is 12.8. The van der Waals surface area contributed by atoms with Gasteiger partial charge in [0.2, 0.25) is 5.78 Å². The average Bonchev–Trinajstić information content (AvgIpc) is 3.46. The number of nitrogens with zero attached hydrogens (tertiary/aromatic N) is 4. The van der Waals surface area contributed by atoms with Crippen molar-refractivity contribution in [1.29, 1.82) is 0 Å². The van der Waals surface area contributed by atoms with Gasteiger partial charge in [-0.1, -0.05) is 24.3 Å². The number of para-hydroxylation sites is 2. The summed E-state index contributed by atoms with van der Waals surface area (Å²) in [6.07, 6.45) is 0. The number of benzene rings is 2. The number of carbonyl (C=O) groups is 1. The molecule has 0 saturated heterocycles. The molecule has 1 aliphatic rings. The van der Waals surface area contributed by atoms with E-state index >= 15 is 0 Å². The number of fused-ring (bicyclic) bond motifs is 6. The third kappa shape index (κ3) is 2.75. The minimum absolute atomic E-state index is 0.0716. The molecule has 0 saturated carbocycles. The first-order valence-corrected chi connectivity index (χ1v) is 10.8. The highest BCUT2D eigenvalue weighted by Crippen LogP contribution is 2.42. The van der Waals surface area contributed by atoms with E-state index in [1.54, 1.807) is 23.6 Å². The van der Waals surface area contributed by atoms with E-state index in [2.05, 4.69) is 10.2 Å². The van der Waals surface area contributed by atoms with Gasteiger partial charge in [0.05, 0.1) is 10.9 Å². The molecule has 0 atom stereocenters. The second kappa shape index (κ2) is 7.03. The largest absolute Gasteiger partial charge is 0.488 e. The lowest BCUT2D eigenvalue weighted by atomic mass is 10.1. The average molecular weight is 444 g/mol. The number of hydrogen-bond acceptors (Lipinski definition) is 7. The Balaban J connectivity index is 1.32. The van der Waals surface area contributed by atoms with Crippen LogP contribution in [0.15, 0.2) is 59.4 Å². The molecule has 1 aliphatic heterocycles. The molecule has 0 aliphatic carbocycles. The van der Waals surface area contributed by atoms with Gasteiger partial charge in [-0.15, -0.1) is 21.5 Å². The number of rotatable bonds is 3. The summed E-state index contributed by atoms with van der Waals surface area (Å²) in [5.41, 5.74) is 2.46. The Labute approximate surface area is 185 Å². The predicted molar refractivity (Wildman–Crippen MR) is 119 cm³/mol. The fourth-order valence-corrected chi connectivity index (χ4v) is 5.08. The minimum atomic E-state index is -0.437. The van der Waals surface area contributed by atoms with Crippen molar-refractivity contribution < 1.29 is 14.3 Å². The lowest BCUT2D eigenvalue weighted by molar-refractivity contribution is 0.0467. The van der Waals surface area contributed by atoms with Crippen LogP contribution < -0.4 is 10.3 Å². The van der Waals surface area contributed by atoms with Gasteiger partial charge in [0.15, 0.2) is 12.4 Å².